The first kappa shape index (κ1) is 19.9. The number of morpholine rings is 1. The van der Waals surface area contributed by atoms with E-state index in [4.69, 9.17) is 13.9 Å². The van der Waals surface area contributed by atoms with Crippen LogP contribution in [0.5, 0.6) is 17.2 Å². The fraction of sp³-hybridized carbons (Fsp3) is 0.273. The van der Waals surface area contributed by atoms with E-state index in [0.717, 1.165) is 13.1 Å². The largest absolute Gasteiger partial charge is 0.507 e. The van der Waals surface area contributed by atoms with Crippen LogP contribution in [0.2, 0.25) is 0 Å². The average Bonchev–Trinajstić information content (AvgIpc) is 2.78. The number of benzene rings is 2. The zero-order valence-electron chi connectivity index (χ0n) is 16.4. The van der Waals surface area contributed by atoms with Crippen LogP contribution in [-0.4, -0.2) is 49.4 Å². The maximum absolute atomic E-state index is 12.9. The van der Waals surface area contributed by atoms with Crippen LogP contribution in [0.15, 0.2) is 51.9 Å². The van der Waals surface area contributed by atoms with Crippen molar-refractivity contribution in [2.24, 2.45) is 0 Å². The zero-order valence-corrected chi connectivity index (χ0v) is 16.4. The van der Waals surface area contributed by atoms with Gasteiger partial charge in [-0.05, 0) is 36.4 Å². The fourth-order valence-electron chi connectivity index (χ4n) is 3.34. The summed E-state index contributed by atoms with van der Waals surface area (Å²) in [6.45, 7) is 3.18. The summed E-state index contributed by atoms with van der Waals surface area (Å²) in [7, 11) is 1.30. The van der Waals surface area contributed by atoms with Crippen molar-refractivity contribution in [2.75, 3.05) is 33.4 Å². The molecule has 2 aromatic carbocycles. The Morgan fingerprint density at radius 1 is 1.13 bits per heavy atom. The van der Waals surface area contributed by atoms with Gasteiger partial charge in [-0.3, -0.25) is 9.69 Å². The number of rotatable bonds is 5. The molecule has 1 aromatic heterocycles. The van der Waals surface area contributed by atoms with Gasteiger partial charge < -0.3 is 23.7 Å². The molecule has 0 saturated carbocycles. The normalized spacial score (nSPS) is 14.6. The average molecular weight is 411 g/mol. The molecule has 156 valence electrons. The fourth-order valence-corrected chi connectivity index (χ4v) is 3.34. The van der Waals surface area contributed by atoms with Crippen LogP contribution in [-0.2, 0) is 16.0 Å². The minimum Gasteiger partial charge on any atom is -0.507 e. The van der Waals surface area contributed by atoms with Crippen LogP contribution < -0.4 is 10.2 Å². The lowest BCUT2D eigenvalue weighted by Gasteiger charge is -2.26. The van der Waals surface area contributed by atoms with Crippen molar-refractivity contribution in [3.63, 3.8) is 0 Å². The van der Waals surface area contributed by atoms with Crippen molar-refractivity contribution in [1.82, 2.24) is 4.90 Å². The maximum atomic E-state index is 12.9. The second kappa shape index (κ2) is 8.56. The molecule has 0 amide bonds. The lowest BCUT2D eigenvalue weighted by atomic mass is 10.1. The monoisotopic (exact) mass is 411 g/mol. The van der Waals surface area contributed by atoms with Gasteiger partial charge in [0.05, 0.1) is 36.8 Å². The molecule has 1 N–H and O–H groups in total. The van der Waals surface area contributed by atoms with E-state index in [2.05, 4.69) is 9.64 Å². The smallest absolute Gasteiger partial charge is 0.337 e. The van der Waals surface area contributed by atoms with Gasteiger partial charge in [-0.25, -0.2) is 4.79 Å². The van der Waals surface area contributed by atoms with Crippen molar-refractivity contribution in [3.05, 3.63) is 64.0 Å². The van der Waals surface area contributed by atoms with Gasteiger partial charge in [-0.1, -0.05) is 0 Å². The third-order valence-corrected chi connectivity index (χ3v) is 4.98. The molecular formula is C22H21NO7. The first-order chi connectivity index (χ1) is 14.6. The SMILES string of the molecule is COC(=O)c1ccc(Oc2coc3c(CN4CCOCC4)c(O)ccc3c2=O)cc1. The highest BCUT2D eigenvalue weighted by Gasteiger charge is 2.19. The number of ether oxygens (including phenoxy) is 3. The van der Waals surface area contributed by atoms with Crippen molar-refractivity contribution in [3.8, 4) is 17.2 Å². The number of carbonyl (C=O) groups is 1. The Morgan fingerprint density at radius 2 is 1.87 bits per heavy atom. The van der Waals surface area contributed by atoms with Gasteiger partial charge in [0.15, 0.2) is 0 Å². The number of methoxy groups -OCH3 is 1. The van der Waals surface area contributed by atoms with E-state index >= 15 is 0 Å². The lowest BCUT2D eigenvalue weighted by Crippen LogP contribution is -2.35. The number of carbonyl (C=O) groups excluding carboxylic acids is 1. The Balaban J connectivity index is 1.63. The molecule has 0 aliphatic carbocycles. The van der Waals surface area contributed by atoms with Gasteiger partial charge >= 0.3 is 5.97 Å². The van der Waals surface area contributed by atoms with Crippen molar-refractivity contribution in [1.29, 1.82) is 0 Å². The quantitative estimate of drug-likeness (QED) is 0.640. The number of esters is 1. The molecule has 0 bridgehead atoms. The van der Waals surface area contributed by atoms with E-state index < -0.39 is 5.97 Å². The van der Waals surface area contributed by atoms with Gasteiger partial charge in [0.1, 0.15) is 23.3 Å². The molecule has 1 aliphatic rings. The van der Waals surface area contributed by atoms with Gasteiger partial charge in [0, 0.05) is 19.6 Å². The van der Waals surface area contributed by atoms with Crippen molar-refractivity contribution in [2.45, 2.75) is 6.54 Å². The predicted molar refractivity (Wildman–Crippen MR) is 108 cm³/mol. The molecule has 0 atom stereocenters. The number of fused-ring (bicyclic) bond motifs is 1. The summed E-state index contributed by atoms with van der Waals surface area (Å²) in [5.41, 5.74) is 0.913. The number of phenols is 1. The van der Waals surface area contributed by atoms with E-state index in [0.29, 0.717) is 47.6 Å². The zero-order chi connectivity index (χ0) is 21.1. The van der Waals surface area contributed by atoms with Crippen LogP contribution in [0, 0.1) is 0 Å². The van der Waals surface area contributed by atoms with Crippen LogP contribution in [0.4, 0.5) is 0 Å². The summed E-state index contributed by atoms with van der Waals surface area (Å²) in [5, 5.41) is 10.7. The van der Waals surface area contributed by atoms with Crippen LogP contribution in [0.1, 0.15) is 15.9 Å². The summed E-state index contributed by atoms with van der Waals surface area (Å²) in [6.07, 6.45) is 1.24. The highest BCUT2D eigenvalue weighted by molar-refractivity contribution is 5.89. The highest BCUT2D eigenvalue weighted by Crippen LogP contribution is 2.29. The Kier molecular flexibility index (Phi) is 5.69. The Bertz CT molecular complexity index is 1110. The van der Waals surface area contributed by atoms with Crippen LogP contribution in [0.3, 0.4) is 0 Å². The molecule has 8 heteroatoms. The van der Waals surface area contributed by atoms with E-state index in [1.165, 1.54) is 25.5 Å². The van der Waals surface area contributed by atoms with Crippen LogP contribution in [0.25, 0.3) is 11.0 Å². The van der Waals surface area contributed by atoms with Crippen molar-refractivity contribution >= 4 is 16.9 Å². The molecule has 1 fully saturated rings. The standard InChI is InChI=1S/C22H21NO7/c1-27-22(26)14-2-4-15(5-3-14)30-19-13-29-21-16(20(19)25)6-7-18(24)17(21)12-23-8-10-28-11-9-23/h2-7,13,24H,8-12H2,1H3. The predicted octanol–water partition coefficient (Wildman–Crippen LogP) is 2.91. The summed E-state index contributed by atoms with van der Waals surface area (Å²) >= 11 is 0. The second-order valence-electron chi connectivity index (χ2n) is 6.88. The summed E-state index contributed by atoms with van der Waals surface area (Å²) in [4.78, 5) is 26.6. The molecule has 1 aliphatic heterocycles. The number of hydrogen-bond acceptors (Lipinski definition) is 8. The van der Waals surface area contributed by atoms with Gasteiger partial charge in [-0.15, -0.1) is 0 Å². The number of phenolic OH excluding ortho intramolecular Hbond substituents is 1. The summed E-state index contributed by atoms with van der Waals surface area (Å²) in [6, 6.07) is 9.23. The molecule has 3 aromatic rings. The minimum absolute atomic E-state index is 0.0105. The van der Waals surface area contributed by atoms with Crippen LogP contribution >= 0.6 is 0 Å². The van der Waals surface area contributed by atoms with E-state index in [1.54, 1.807) is 24.3 Å². The number of nitrogens with zero attached hydrogens (tertiary/aromatic N) is 1. The third kappa shape index (κ3) is 4.00. The first-order valence-electron chi connectivity index (χ1n) is 9.49. The molecule has 30 heavy (non-hydrogen) atoms. The molecule has 1 saturated heterocycles. The maximum Gasteiger partial charge on any atom is 0.337 e. The van der Waals surface area contributed by atoms with Crippen molar-refractivity contribution < 1.29 is 28.5 Å². The van der Waals surface area contributed by atoms with E-state index in [1.807, 2.05) is 0 Å². The molecule has 0 spiro atoms. The second-order valence-corrected chi connectivity index (χ2v) is 6.88. The summed E-state index contributed by atoms with van der Waals surface area (Å²) < 4.78 is 21.4. The van der Waals surface area contributed by atoms with Gasteiger partial charge in [0.25, 0.3) is 0 Å². The molecule has 2 heterocycles. The minimum atomic E-state index is -0.459. The Labute approximate surface area is 172 Å². The molecule has 8 nitrogen and oxygen atoms in total. The molecule has 4 rings (SSSR count). The Morgan fingerprint density at radius 3 is 2.57 bits per heavy atom. The van der Waals surface area contributed by atoms with Gasteiger partial charge in [-0.2, -0.15) is 0 Å². The van der Waals surface area contributed by atoms with E-state index in [-0.39, 0.29) is 16.9 Å². The third-order valence-electron chi connectivity index (χ3n) is 4.98. The number of hydrogen-bond donors (Lipinski definition) is 1. The summed E-state index contributed by atoms with van der Waals surface area (Å²) in [5.74, 6) is 0.00142. The van der Waals surface area contributed by atoms with Gasteiger partial charge in [0.2, 0.25) is 11.2 Å². The first-order valence-corrected chi connectivity index (χ1v) is 9.49. The highest BCUT2D eigenvalue weighted by atomic mass is 16.5. The topological polar surface area (TPSA) is 98.4 Å². The number of aromatic hydroxyl groups is 1. The molecular weight excluding hydrogens is 390 g/mol. The molecule has 0 unspecified atom stereocenters. The van der Waals surface area contributed by atoms with E-state index in [9.17, 15) is 14.7 Å². The lowest BCUT2D eigenvalue weighted by molar-refractivity contribution is 0.0339. The Hall–Kier alpha value is -3.36. The molecule has 0 radical (unpaired) electrons.